The Hall–Kier alpha value is -6.95. The smallest absolute Gasteiger partial charge is 0.493 e. The van der Waals surface area contributed by atoms with Crippen molar-refractivity contribution in [3.8, 4) is 51.7 Å². The van der Waals surface area contributed by atoms with Gasteiger partial charge in [0.25, 0.3) is 11.8 Å². The van der Waals surface area contributed by atoms with E-state index in [-0.39, 0.29) is 58.1 Å². The third-order valence-electron chi connectivity index (χ3n) is 8.89. The second-order valence-electron chi connectivity index (χ2n) is 13.7. The Morgan fingerprint density at radius 3 is 1.44 bits per heavy atom. The van der Waals surface area contributed by atoms with Crippen LogP contribution in [0.1, 0.15) is 50.2 Å². The number of nitrogens with one attached hydrogen (secondary N) is 2. The molecule has 0 bridgehead atoms. The zero-order valence-corrected chi connectivity index (χ0v) is 39.7. The highest BCUT2D eigenvalue weighted by Crippen LogP contribution is 2.41. The van der Waals surface area contributed by atoms with Crippen LogP contribution in [-0.4, -0.2) is 65.3 Å². The highest BCUT2D eigenvalue weighted by molar-refractivity contribution is 9.10. The summed E-state index contributed by atoms with van der Waals surface area (Å²) in [6, 6.07) is 9.56. The molecule has 24 heteroatoms. The number of pyridine rings is 4. The molecule has 2 aromatic carbocycles. The minimum Gasteiger partial charge on any atom is -0.493 e. The zero-order valence-electron chi connectivity index (χ0n) is 36.5. The average molecular weight is 1090 g/mol. The van der Waals surface area contributed by atoms with E-state index in [1.807, 2.05) is 0 Å². The van der Waals surface area contributed by atoms with Gasteiger partial charge in [-0.05, 0) is 114 Å². The molecule has 6 aromatic rings. The summed E-state index contributed by atoms with van der Waals surface area (Å²) in [7, 11) is 2.46. The fourth-order valence-electron chi connectivity index (χ4n) is 5.77. The minimum absolute atomic E-state index is 0.00474. The van der Waals surface area contributed by atoms with E-state index in [9.17, 15) is 40.3 Å². The highest BCUT2D eigenvalue weighted by Gasteiger charge is 2.33. The molecule has 0 aliphatic carbocycles. The molecule has 0 atom stereocenters. The maximum Gasteiger partial charge on any atom is 0.573 e. The Morgan fingerprint density at radius 1 is 0.588 bits per heavy atom. The summed E-state index contributed by atoms with van der Waals surface area (Å²) in [5, 5.41) is 5.40. The largest absolute Gasteiger partial charge is 0.573 e. The van der Waals surface area contributed by atoms with E-state index in [4.69, 9.17) is 23.7 Å². The van der Waals surface area contributed by atoms with Crippen molar-refractivity contribution in [2.24, 2.45) is 0 Å². The van der Waals surface area contributed by atoms with Crippen LogP contribution in [0.15, 0.2) is 82.5 Å². The van der Waals surface area contributed by atoms with E-state index in [1.165, 1.54) is 39.6 Å². The van der Waals surface area contributed by atoms with Crippen LogP contribution in [0.3, 0.4) is 0 Å². The number of methoxy groups -OCH3 is 2. The average Bonchev–Trinajstić information content (AvgIpc) is 3.26. The van der Waals surface area contributed by atoms with Gasteiger partial charge >= 0.3 is 12.7 Å². The number of hydrogen-bond acceptors (Lipinski definition) is 13. The topological polar surface area (TPSA) is 174 Å². The van der Waals surface area contributed by atoms with Crippen molar-refractivity contribution in [1.82, 2.24) is 19.9 Å². The van der Waals surface area contributed by atoms with Crippen LogP contribution in [0.25, 0.3) is 0 Å². The van der Waals surface area contributed by atoms with E-state index < -0.39 is 47.4 Å². The van der Waals surface area contributed by atoms with Crippen molar-refractivity contribution in [1.29, 1.82) is 0 Å². The molecule has 360 valence electrons. The van der Waals surface area contributed by atoms with Crippen LogP contribution in [-0.2, 0) is 0 Å². The van der Waals surface area contributed by atoms with Gasteiger partial charge in [-0.3, -0.25) is 19.6 Å². The van der Waals surface area contributed by atoms with Gasteiger partial charge in [-0.25, -0.2) is 14.4 Å². The van der Waals surface area contributed by atoms with E-state index >= 15 is 0 Å². The predicted octanol–water partition coefficient (Wildman–Crippen LogP) is 12.2. The third-order valence-corrected chi connectivity index (χ3v) is 9.76. The zero-order chi connectivity index (χ0) is 50.1. The molecular weight excluding hydrogens is 1050 g/mol. The number of benzene rings is 2. The molecule has 4 aromatic heterocycles. The molecular formula is C44H37Br2F7N6O9. The number of halogens is 9. The number of nitrogens with zero attached hydrogens (tertiary/aromatic N) is 4. The van der Waals surface area contributed by atoms with Crippen molar-refractivity contribution in [3.63, 3.8) is 0 Å². The number of rotatable bonds is 14. The van der Waals surface area contributed by atoms with Crippen molar-refractivity contribution in [2.75, 3.05) is 31.5 Å². The molecule has 0 aliphatic rings. The summed E-state index contributed by atoms with van der Waals surface area (Å²) in [4.78, 5) is 42.6. The lowest BCUT2D eigenvalue weighted by molar-refractivity contribution is -0.275. The van der Waals surface area contributed by atoms with Gasteiger partial charge in [0, 0.05) is 35.9 Å². The Balaban J connectivity index is 0.000000255. The lowest BCUT2D eigenvalue weighted by Crippen LogP contribution is -2.17. The van der Waals surface area contributed by atoms with E-state index in [0.717, 1.165) is 42.1 Å². The number of carbonyl (C=O) groups is 2. The molecule has 68 heavy (non-hydrogen) atoms. The summed E-state index contributed by atoms with van der Waals surface area (Å²) in [5.41, 5.74) is 2.21. The molecule has 0 aliphatic heterocycles. The molecule has 0 fully saturated rings. The lowest BCUT2D eigenvalue weighted by atomic mass is 10.1. The Labute approximate surface area is 399 Å². The Kier molecular flexibility index (Phi) is 17.0. The number of aryl methyl sites for hydroxylation is 4. The van der Waals surface area contributed by atoms with Gasteiger partial charge in [0.1, 0.15) is 31.8 Å². The van der Waals surface area contributed by atoms with Crippen molar-refractivity contribution >= 4 is 55.0 Å². The van der Waals surface area contributed by atoms with E-state index in [0.29, 0.717) is 31.8 Å². The lowest BCUT2D eigenvalue weighted by Gasteiger charge is -2.18. The molecule has 0 saturated heterocycles. The Morgan fingerprint density at radius 2 is 1.01 bits per heavy atom. The summed E-state index contributed by atoms with van der Waals surface area (Å²) in [6.07, 6.45) is -4.22. The van der Waals surface area contributed by atoms with Gasteiger partial charge in [-0.2, -0.15) is 0 Å². The first-order chi connectivity index (χ1) is 32.0. The maximum atomic E-state index is 14.9. The SMILES string of the molecule is CCOc1c(C)ncc(Oc2ccc(OC(F)(F)F)cc2OC)c1C(=O)Nc1cc(Br)ncc1C.COc1cc(OC(F)(F)F)ccc1Oc1cnc(C)c(F)c1C(=O)Nc1cc(Br)ncc1C. The monoisotopic (exact) mass is 1080 g/mol. The summed E-state index contributed by atoms with van der Waals surface area (Å²) >= 11 is 6.48. The van der Waals surface area contributed by atoms with Crippen molar-refractivity contribution in [3.05, 3.63) is 122 Å². The van der Waals surface area contributed by atoms with Crippen LogP contribution >= 0.6 is 31.9 Å². The summed E-state index contributed by atoms with van der Waals surface area (Å²) < 4.78 is 126. The standard InChI is InChI=1S/C23H21BrF3N3O5.C21H16BrF4N3O4/c1-5-33-21-13(3)28-11-18(20(21)22(31)30-15-9-19(24)29-10-12(15)2)34-16-7-6-14(8-17(16)32-4)35-23(25,26)27;1-10-8-28-17(22)7-13(10)29-20(30)18-16(9-27-11(2)19(18)23)32-14-5-4-12(6-15(14)31-3)33-21(24,25)26/h6-11H,5H2,1-4H3,(H,29,30,31);4-9H,1-3H3,(H,28,29,30). The van der Waals surface area contributed by atoms with Gasteiger partial charge in [0.15, 0.2) is 46.1 Å². The number of aromatic nitrogens is 4. The number of alkyl halides is 6. The van der Waals surface area contributed by atoms with Gasteiger partial charge in [-0.15, -0.1) is 26.3 Å². The van der Waals surface area contributed by atoms with Gasteiger partial charge in [-0.1, -0.05) is 0 Å². The first-order valence-corrected chi connectivity index (χ1v) is 21.0. The van der Waals surface area contributed by atoms with E-state index in [1.54, 1.807) is 46.0 Å². The first kappa shape index (κ1) is 52.0. The first-order valence-electron chi connectivity index (χ1n) is 19.4. The van der Waals surface area contributed by atoms with Gasteiger partial charge in [0.05, 0.1) is 44.6 Å². The molecule has 0 radical (unpaired) electrons. The fourth-order valence-corrected chi connectivity index (χ4v) is 6.43. The predicted molar refractivity (Wildman–Crippen MR) is 238 cm³/mol. The molecule has 0 saturated carbocycles. The number of amides is 2. The number of ether oxygens (including phenoxy) is 7. The third kappa shape index (κ3) is 13.8. The Bertz CT molecular complexity index is 2820. The molecule has 0 spiro atoms. The fraction of sp³-hybridized carbons (Fsp3) is 0.227. The molecule has 2 N–H and O–H groups in total. The van der Waals surface area contributed by atoms with Crippen LogP contribution in [0.4, 0.5) is 42.1 Å². The normalized spacial score (nSPS) is 11.1. The maximum absolute atomic E-state index is 14.9. The van der Waals surface area contributed by atoms with Crippen LogP contribution in [0.2, 0.25) is 0 Å². The van der Waals surface area contributed by atoms with E-state index in [2.05, 4.69) is 71.9 Å². The van der Waals surface area contributed by atoms with Gasteiger partial charge in [0.2, 0.25) is 0 Å². The van der Waals surface area contributed by atoms with Crippen LogP contribution < -0.4 is 43.8 Å². The quantitative estimate of drug-likeness (QED) is 0.0780. The van der Waals surface area contributed by atoms with Crippen LogP contribution in [0, 0.1) is 33.5 Å². The molecule has 2 amide bonds. The van der Waals surface area contributed by atoms with Crippen molar-refractivity contribution in [2.45, 2.75) is 47.3 Å². The minimum atomic E-state index is -4.90. The number of anilines is 2. The van der Waals surface area contributed by atoms with Crippen LogP contribution in [0.5, 0.6) is 51.7 Å². The summed E-state index contributed by atoms with van der Waals surface area (Å²) in [5.74, 6) is -3.65. The number of carbonyl (C=O) groups excluding carboxylic acids is 2. The second kappa shape index (κ2) is 22.2. The molecule has 4 heterocycles. The van der Waals surface area contributed by atoms with Gasteiger partial charge < -0.3 is 43.8 Å². The molecule has 15 nitrogen and oxygen atoms in total. The summed E-state index contributed by atoms with van der Waals surface area (Å²) in [6.45, 7) is 8.52. The highest BCUT2D eigenvalue weighted by atomic mass is 79.9. The van der Waals surface area contributed by atoms with Crippen molar-refractivity contribution < 1.29 is 73.5 Å². The molecule has 0 unspecified atom stereocenters. The second-order valence-corrected chi connectivity index (χ2v) is 15.3. The number of hydrogen-bond donors (Lipinski definition) is 2. The molecule has 6 rings (SSSR count).